The molecular formula is C26H33N3O9. The lowest BCUT2D eigenvalue weighted by Crippen LogP contribution is -2.31. The molecule has 0 aliphatic carbocycles. The van der Waals surface area contributed by atoms with Gasteiger partial charge in [0.1, 0.15) is 0 Å². The van der Waals surface area contributed by atoms with Crippen LogP contribution < -0.4 is 4.90 Å². The van der Waals surface area contributed by atoms with Crippen LogP contribution in [0.15, 0.2) is 42.5 Å². The van der Waals surface area contributed by atoms with Gasteiger partial charge in [-0.15, -0.1) is 0 Å². The Bertz CT molecular complexity index is 1030. The van der Waals surface area contributed by atoms with E-state index in [1.807, 2.05) is 24.3 Å². The first-order valence-corrected chi connectivity index (χ1v) is 12.4. The first-order chi connectivity index (χ1) is 18.5. The largest absolute Gasteiger partial charge is 0.377 e. The number of non-ortho nitro benzene ring substituents is 1. The van der Waals surface area contributed by atoms with Gasteiger partial charge < -0.3 is 28.6 Å². The normalized spacial score (nSPS) is 17.5. The number of nitro groups is 2. The summed E-state index contributed by atoms with van der Waals surface area (Å²) >= 11 is 0. The van der Waals surface area contributed by atoms with Gasteiger partial charge in [0.05, 0.1) is 87.5 Å². The van der Waals surface area contributed by atoms with Crippen molar-refractivity contribution in [1.29, 1.82) is 0 Å². The third-order valence-corrected chi connectivity index (χ3v) is 5.63. The average Bonchev–Trinajstić information content (AvgIpc) is 2.92. The molecule has 3 rings (SSSR count). The summed E-state index contributed by atoms with van der Waals surface area (Å²) in [4.78, 5) is 23.2. The highest BCUT2D eigenvalue weighted by Crippen LogP contribution is 2.26. The summed E-state index contributed by atoms with van der Waals surface area (Å²) < 4.78 is 27.9. The number of hydrogen-bond donors (Lipinski definition) is 0. The monoisotopic (exact) mass is 531 g/mol. The summed E-state index contributed by atoms with van der Waals surface area (Å²) in [6.07, 6.45) is 3.31. The summed E-state index contributed by atoms with van der Waals surface area (Å²) in [6, 6.07) is 11.3. The standard InChI is InChI=1S/C26H33N3O9/c30-28(31)25-8-5-23(26(21-25)29(32)33)4-1-22-2-6-24(7-3-22)27-9-11-34-13-15-36-17-19-38-20-18-37-16-14-35-12-10-27/h1-8,21H,9-20H2/b4-1+. The van der Waals surface area contributed by atoms with E-state index in [2.05, 4.69) is 4.90 Å². The highest BCUT2D eigenvalue weighted by Gasteiger charge is 2.17. The van der Waals surface area contributed by atoms with Crippen molar-refractivity contribution < 1.29 is 33.5 Å². The minimum Gasteiger partial charge on any atom is -0.377 e. The van der Waals surface area contributed by atoms with Crippen LogP contribution in [0.4, 0.5) is 17.1 Å². The van der Waals surface area contributed by atoms with Crippen LogP contribution in [-0.2, 0) is 23.7 Å². The van der Waals surface area contributed by atoms with E-state index in [1.165, 1.54) is 12.1 Å². The van der Waals surface area contributed by atoms with Gasteiger partial charge in [-0.3, -0.25) is 20.2 Å². The van der Waals surface area contributed by atoms with E-state index < -0.39 is 9.85 Å². The second-order valence-electron chi connectivity index (χ2n) is 8.23. The Kier molecular flexibility index (Phi) is 12.6. The first kappa shape index (κ1) is 29.1. The molecule has 0 atom stereocenters. The summed E-state index contributed by atoms with van der Waals surface area (Å²) in [5.74, 6) is 0. The maximum atomic E-state index is 11.4. The minimum atomic E-state index is -0.655. The Labute approximate surface area is 221 Å². The highest BCUT2D eigenvalue weighted by molar-refractivity contribution is 5.75. The van der Waals surface area contributed by atoms with Crippen molar-refractivity contribution in [2.24, 2.45) is 0 Å². The molecule has 2 aromatic rings. The number of ether oxygens (including phenoxy) is 5. The van der Waals surface area contributed by atoms with Crippen molar-refractivity contribution in [1.82, 2.24) is 0 Å². The Hall–Kier alpha value is -3.42. The molecule has 38 heavy (non-hydrogen) atoms. The van der Waals surface area contributed by atoms with Crippen molar-refractivity contribution in [2.75, 3.05) is 84.1 Å². The van der Waals surface area contributed by atoms with Gasteiger partial charge in [0, 0.05) is 24.8 Å². The van der Waals surface area contributed by atoms with E-state index in [0.29, 0.717) is 79.2 Å². The molecule has 0 radical (unpaired) electrons. The van der Waals surface area contributed by atoms with Crippen molar-refractivity contribution in [2.45, 2.75) is 0 Å². The quantitative estimate of drug-likeness (QED) is 0.320. The van der Waals surface area contributed by atoms with E-state index in [1.54, 1.807) is 12.2 Å². The molecule has 1 heterocycles. The van der Waals surface area contributed by atoms with Crippen LogP contribution in [0.3, 0.4) is 0 Å². The molecule has 12 heteroatoms. The fourth-order valence-corrected chi connectivity index (χ4v) is 3.63. The van der Waals surface area contributed by atoms with Crippen LogP contribution >= 0.6 is 0 Å². The van der Waals surface area contributed by atoms with Crippen LogP contribution in [0.5, 0.6) is 0 Å². The number of benzene rings is 2. The third kappa shape index (κ3) is 10.1. The van der Waals surface area contributed by atoms with Crippen molar-refractivity contribution >= 4 is 29.2 Å². The zero-order valence-corrected chi connectivity index (χ0v) is 21.2. The van der Waals surface area contributed by atoms with E-state index in [4.69, 9.17) is 23.7 Å². The molecular weight excluding hydrogens is 498 g/mol. The van der Waals surface area contributed by atoms with Crippen molar-refractivity contribution in [3.05, 3.63) is 73.8 Å². The maximum Gasteiger partial charge on any atom is 0.283 e. The van der Waals surface area contributed by atoms with E-state index in [9.17, 15) is 20.2 Å². The van der Waals surface area contributed by atoms with Gasteiger partial charge >= 0.3 is 0 Å². The zero-order valence-electron chi connectivity index (χ0n) is 21.2. The highest BCUT2D eigenvalue weighted by atomic mass is 16.6. The van der Waals surface area contributed by atoms with Crippen LogP contribution in [0.1, 0.15) is 11.1 Å². The van der Waals surface area contributed by atoms with Crippen LogP contribution in [0.25, 0.3) is 12.2 Å². The Morgan fingerprint density at radius 1 is 0.632 bits per heavy atom. The van der Waals surface area contributed by atoms with Gasteiger partial charge in [0.15, 0.2) is 0 Å². The maximum absolute atomic E-state index is 11.4. The predicted octanol–water partition coefficient (Wildman–Crippen LogP) is 3.58. The number of rotatable bonds is 5. The van der Waals surface area contributed by atoms with Crippen molar-refractivity contribution in [3.63, 3.8) is 0 Å². The Balaban J connectivity index is 1.62. The molecule has 206 valence electrons. The molecule has 1 fully saturated rings. The predicted molar refractivity (Wildman–Crippen MR) is 141 cm³/mol. The molecule has 1 aliphatic rings. The minimum absolute atomic E-state index is 0.284. The van der Waals surface area contributed by atoms with Gasteiger partial charge in [-0.05, 0) is 29.8 Å². The summed E-state index contributed by atoms with van der Waals surface area (Å²) in [7, 11) is 0. The topological polar surface area (TPSA) is 136 Å². The molecule has 1 aliphatic heterocycles. The Morgan fingerprint density at radius 2 is 1.13 bits per heavy atom. The van der Waals surface area contributed by atoms with Gasteiger partial charge in [-0.1, -0.05) is 18.2 Å². The molecule has 0 bridgehead atoms. The van der Waals surface area contributed by atoms with Gasteiger partial charge in [0.2, 0.25) is 0 Å². The molecule has 0 aromatic heterocycles. The van der Waals surface area contributed by atoms with E-state index >= 15 is 0 Å². The lowest BCUT2D eigenvalue weighted by atomic mass is 10.1. The first-order valence-electron chi connectivity index (χ1n) is 12.4. The van der Waals surface area contributed by atoms with Crippen LogP contribution in [0, 0.1) is 20.2 Å². The smallest absolute Gasteiger partial charge is 0.283 e. The third-order valence-electron chi connectivity index (χ3n) is 5.63. The fourth-order valence-electron chi connectivity index (χ4n) is 3.63. The molecule has 2 aromatic carbocycles. The van der Waals surface area contributed by atoms with Gasteiger partial charge in [-0.2, -0.15) is 0 Å². The number of hydrogen-bond acceptors (Lipinski definition) is 10. The SMILES string of the molecule is O=[N+]([O-])c1ccc(/C=C/c2ccc(N3CCOCCOCCOCCOCCOCC3)cc2)c([N+](=O)[O-])c1. The lowest BCUT2D eigenvalue weighted by molar-refractivity contribution is -0.394. The van der Waals surface area contributed by atoms with Gasteiger partial charge in [0.25, 0.3) is 11.4 Å². The average molecular weight is 532 g/mol. The lowest BCUT2D eigenvalue weighted by Gasteiger charge is -2.25. The number of nitrogens with zero attached hydrogens (tertiary/aromatic N) is 3. The van der Waals surface area contributed by atoms with Crippen LogP contribution in [-0.4, -0.2) is 89.0 Å². The molecule has 0 saturated carbocycles. The van der Waals surface area contributed by atoms with Crippen LogP contribution in [0.2, 0.25) is 0 Å². The Morgan fingerprint density at radius 3 is 1.61 bits per heavy atom. The van der Waals surface area contributed by atoms with E-state index in [-0.39, 0.29) is 16.9 Å². The second kappa shape index (κ2) is 16.4. The second-order valence-corrected chi connectivity index (χ2v) is 8.23. The molecule has 0 spiro atoms. The molecule has 0 amide bonds. The van der Waals surface area contributed by atoms with Gasteiger partial charge in [-0.25, -0.2) is 0 Å². The molecule has 12 nitrogen and oxygen atoms in total. The molecule has 0 unspecified atom stereocenters. The zero-order chi connectivity index (χ0) is 27.0. The fraction of sp³-hybridized carbons (Fsp3) is 0.462. The summed E-state index contributed by atoms with van der Waals surface area (Å²) in [6.45, 7) is 6.40. The molecule has 1 saturated heterocycles. The summed E-state index contributed by atoms with van der Waals surface area (Å²) in [5, 5.41) is 22.3. The summed E-state index contributed by atoms with van der Waals surface area (Å²) in [5.41, 5.74) is 1.45. The molecule has 0 N–H and O–H groups in total. The van der Waals surface area contributed by atoms with Crippen molar-refractivity contribution in [3.8, 4) is 0 Å². The number of anilines is 1. The number of nitro benzene ring substituents is 2. The van der Waals surface area contributed by atoms with E-state index in [0.717, 1.165) is 17.3 Å².